The van der Waals surface area contributed by atoms with Crippen LogP contribution in [0.25, 0.3) is 10.9 Å². The molecule has 2 aromatic rings. The van der Waals surface area contributed by atoms with Crippen LogP contribution in [-0.4, -0.2) is 28.5 Å². The molecule has 0 N–H and O–H groups in total. The Labute approximate surface area is 126 Å². The maximum absolute atomic E-state index is 12.9. The third-order valence-corrected chi connectivity index (χ3v) is 4.70. The number of aromatic nitrogens is 1. The number of fused-ring (bicyclic) bond motifs is 1. The van der Waals surface area contributed by atoms with E-state index in [4.69, 9.17) is 0 Å². The van der Waals surface area contributed by atoms with E-state index in [0.717, 1.165) is 50.2 Å². The second-order valence-corrected chi connectivity index (χ2v) is 5.92. The van der Waals surface area contributed by atoms with Crippen molar-refractivity contribution in [1.82, 2.24) is 9.47 Å². The van der Waals surface area contributed by atoms with Crippen LogP contribution in [0, 0.1) is 6.92 Å². The standard InChI is InChI=1S/C18H24N2O/c1-4-14-8-9-16-15(12-14)13(3)17(20(16)5-2)18(21)19-10-6-7-11-19/h8-9,12H,4-7,10-11H2,1-3H3. The SMILES string of the molecule is CCc1ccc2c(c1)c(C)c(C(=O)N1CCCC1)n2CC. The van der Waals surface area contributed by atoms with Crippen LogP contribution in [0.1, 0.15) is 48.3 Å². The van der Waals surface area contributed by atoms with Crippen molar-refractivity contribution in [2.75, 3.05) is 13.1 Å². The summed E-state index contributed by atoms with van der Waals surface area (Å²) in [6.45, 7) is 9.03. The molecular formula is C18H24N2O. The highest BCUT2D eigenvalue weighted by Gasteiger charge is 2.26. The molecule has 1 saturated heterocycles. The Bertz CT molecular complexity index is 678. The smallest absolute Gasteiger partial charge is 0.270 e. The summed E-state index contributed by atoms with van der Waals surface area (Å²) < 4.78 is 2.19. The molecule has 21 heavy (non-hydrogen) atoms. The van der Waals surface area contributed by atoms with E-state index in [2.05, 4.69) is 43.5 Å². The zero-order chi connectivity index (χ0) is 15.0. The lowest BCUT2D eigenvalue weighted by molar-refractivity contribution is 0.0782. The fraction of sp³-hybridized carbons (Fsp3) is 0.500. The Balaban J connectivity index is 2.16. The molecule has 3 heteroatoms. The van der Waals surface area contributed by atoms with Crippen LogP contribution in [0.2, 0.25) is 0 Å². The van der Waals surface area contributed by atoms with Crippen molar-refractivity contribution in [3.8, 4) is 0 Å². The highest BCUT2D eigenvalue weighted by atomic mass is 16.2. The minimum absolute atomic E-state index is 0.209. The molecule has 1 aromatic heterocycles. The summed E-state index contributed by atoms with van der Waals surface area (Å²) in [6, 6.07) is 6.60. The second kappa shape index (κ2) is 5.55. The molecule has 1 amide bonds. The summed E-state index contributed by atoms with van der Waals surface area (Å²) >= 11 is 0. The number of carbonyl (C=O) groups is 1. The average molecular weight is 284 g/mol. The largest absolute Gasteiger partial charge is 0.337 e. The Morgan fingerprint density at radius 3 is 2.52 bits per heavy atom. The van der Waals surface area contributed by atoms with Crippen LogP contribution in [0.3, 0.4) is 0 Å². The van der Waals surface area contributed by atoms with Gasteiger partial charge < -0.3 is 9.47 Å². The number of hydrogen-bond acceptors (Lipinski definition) is 1. The normalized spacial score (nSPS) is 15.1. The Morgan fingerprint density at radius 2 is 1.90 bits per heavy atom. The van der Waals surface area contributed by atoms with Gasteiger partial charge in [-0.1, -0.05) is 13.0 Å². The lowest BCUT2D eigenvalue weighted by Crippen LogP contribution is -2.30. The lowest BCUT2D eigenvalue weighted by Gasteiger charge is -2.17. The molecule has 0 bridgehead atoms. The Morgan fingerprint density at radius 1 is 1.19 bits per heavy atom. The van der Waals surface area contributed by atoms with Gasteiger partial charge in [-0.05, 0) is 56.4 Å². The maximum atomic E-state index is 12.9. The van der Waals surface area contributed by atoms with Crippen molar-refractivity contribution in [3.05, 3.63) is 35.0 Å². The number of amides is 1. The van der Waals surface area contributed by atoms with Gasteiger partial charge in [-0.15, -0.1) is 0 Å². The quantitative estimate of drug-likeness (QED) is 0.842. The molecule has 3 nitrogen and oxygen atoms in total. The summed E-state index contributed by atoms with van der Waals surface area (Å²) in [4.78, 5) is 14.9. The predicted molar refractivity (Wildman–Crippen MR) is 86.9 cm³/mol. The van der Waals surface area contributed by atoms with Crippen molar-refractivity contribution in [3.63, 3.8) is 0 Å². The first-order valence-electron chi connectivity index (χ1n) is 8.08. The van der Waals surface area contributed by atoms with Crippen LogP contribution in [0.4, 0.5) is 0 Å². The third kappa shape index (κ3) is 2.25. The Kier molecular flexibility index (Phi) is 3.75. The third-order valence-electron chi connectivity index (χ3n) is 4.70. The number of likely N-dealkylation sites (tertiary alicyclic amines) is 1. The second-order valence-electron chi connectivity index (χ2n) is 5.92. The van der Waals surface area contributed by atoms with E-state index < -0.39 is 0 Å². The van der Waals surface area contributed by atoms with Crippen molar-refractivity contribution in [2.24, 2.45) is 0 Å². The van der Waals surface area contributed by atoms with Crippen LogP contribution in [0.5, 0.6) is 0 Å². The molecule has 1 fully saturated rings. The molecule has 1 aromatic carbocycles. The molecule has 1 aliphatic rings. The van der Waals surface area contributed by atoms with Gasteiger partial charge in [0.25, 0.3) is 5.91 Å². The predicted octanol–water partition coefficient (Wildman–Crippen LogP) is 3.77. The van der Waals surface area contributed by atoms with Gasteiger partial charge in [0, 0.05) is 30.5 Å². The minimum atomic E-state index is 0.209. The first-order chi connectivity index (χ1) is 10.2. The molecule has 0 radical (unpaired) electrons. The number of carbonyl (C=O) groups excluding carboxylic acids is 1. The summed E-state index contributed by atoms with van der Waals surface area (Å²) in [5.74, 6) is 0.209. The minimum Gasteiger partial charge on any atom is -0.337 e. The zero-order valence-electron chi connectivity index (χ0n) is 13.3. The van der Waals surface area contributed by atoms with E-state index >= 15 is 0 Å². The van der Waals surface area contributed by atoms with Crippen molar-refractivity contribution in [2.45, 2.75) is 46.6 Å². The van der Waals surface area contributed by atoms with Gasteiger partial charge >= 0.3 is 0 Å². The summed E-state index contributed by atoms with van der Waals surface area (Å²) in [7, 11) is 0. The molecule has 112 valence electrons. The topological polar surface area (TPSA) is 25.2 Å². The van der Waals surface area contributed by atoms with Gasteiger partial charge in [0.1, 0.15) is 5.69 Å². The summed E-state index contributed by atoms with van der Waals surface area (Å²) in [6.07, 6.45) is 3.30. The molecule has 0 saturated carbocycles. The van der Waals surface area contributed by atoms with E-state index in [9.17, 15) is 4.79 Å². The fourth-order valence-electron chi connectivity index (χ4n) is 3.46. The van der Waals surface area contributed by atoms with Crippen LogP contribution >= 0.6 is 0 Å². The van der Waals surface area contributed by atoms with Crippen molar-refractivity contribution >= 4 is 16.8 Å². The van der Waals surface area contributed by atoms with E-state index in [1.807, 2.05) is 4.90 Å². The fourth-order valence-corrected chi connectivity index (χ4v) is 3.46. The molecular weight excluding hydrogens is 260 g/mol. The molecule has 0 aliphatic carbocycles. The van der Waals surface area contributed by atoms with Crippen LogP contribution in [-0.2, 0) is 13.0 Å². The zero-order valence-corrected chi connectivity index (χ0v) is 13.3. The monoisotopic (exact) mass is 284 g/mol. The first kappa shape index (κ1) is 14.2. The average Bonchev–Trinajstić information content (AvgIpc) is 3.13. The lowest BCUT2D eigenvalue weighted by atomic mass is 10.1. The van der Waals surface area contributed by atoms with E-state index in [1.165, 1.54) is 16.5 Å². The van der Waals surface area contributed by atoms with Crippen LogP contribution in [0.15, 0.2) is 18.2 Å². The van der Waals surface area contributed by atoms with Crippen molar-refractivity contribution < 1.29 is 4.79 Å². The first-order valence-corrected chi connectivity index (χ1v) is 8.08. The number of benzene rings is 1. The molecule has 1 aliphatic heterocycles. The van der Waals surface area contributed by atoms with E-state index in [1.54, 1.807) is 0 Å². The number of aryl methyl sites for hydroxylation is 3. The highest BCUT2D eigenvalue weighted by Crippen LogP contribution is 2.28. The molecule has 0 unspecified atom stereocenters. The van der Waals surface area contributed by atoms with Gasteiger partial charge in [-0.25, -0.2) is 0 Å². The van der Waals surface area contributed by atoms with Gasteiger partial charge in [-0.3, -0.25) is 4.79 Å². The number of hydrogen-bond donors (Lipinski definition) is 0. The number of rotatable bonds is 3. The molecule has 0 spiro atoms. The van der Waals surface area contributed by atoms with Gasteiger partial charge in [0.2, 0.25) is 0 Å². The van der Waals surface area contributed by atoms with Gasteiger partial charge in [0.05, 0.1) is 0 Å². The summed E-state index contributed by atoms with van der Waals surface area (Å²) in [5, 5.41) is 1.23. The molecule has 0 atom stereocenters. The Hall–Kier alpha value is -1.77. The molecule has 3 rings (SSSR count). The van der Waals surface area contributed by atoms with Crippen molar-refractivity contribution in [1.29, 1.82) is 0 Å². The van der Waals surface area contributed by atoms with E-state index in [0.29, 0.717) is 0 Å². The van der Waals surface area contributed by atoms with E-state index in [-0.39, 0.29) is 5.91 Å². The maximum Gasteiger partial charge on any atom is 0.270 e. The highest BCUT2D eigenvalue weighted by molar-refractivity contribution is 6.01. The van der Waals surface area contributed by atoms with Crippen LogP contribution < -0.4 is 0 Å². The van der Waals surface area contributed by atoms with Gasteiger partial charge in [-0.2, -0.15) is 0 Å². The summed E-state index contributed by atoms with van der Waals surface area (Å²) in [5.41, 5.74) is 4.55. The molecule has 2 heterocycles. The number of nitrogens with zero attached hydrogens (tertiary/aromatic N) is 2. The van der Waals surface area contributed by atoms with Gasteiger partial charge in [0.15, 0.2) is 0 Å².